The zero-order valence-electron chi connectivity index (χ0n) is 10.7. The maximum absolute atomic E-state index is 11.6. The molecule has 17 heavy (non-hydrogen) atoms. The number of urea groups is 1. The van der Waals surface area contributed by atoms with Crippen molar-refractivity contribution in [2.75, 3.05) is 26.8 Å². The van der Waals surface area contributed by atoms with Gasteiger partial charge in [-0.25, -0.2) is 9.59 Å². The van der Waals surface area contributed by atoms with Gasteiger partial charge < -0.3 is 20.1 Å². The molecule has 0 heterocycles. The molecule has 0 aliphatic heterocycles. The average molecular weight is 246 g/mol. The van der Waals surface area contributed by atoms with Gasteiger partial charge in [0.05, 0.1) is 0 Å². The molecule has 0 saturated heterocycles. The highest BCUT2D eigenvalue weighted by molar-refractivity contribution is 5.82. The molecular weight excluding hydrogens is 224 g/mol. The highest BCUT2D eigenvalue weighted by Gasteiger charge is 2.24. The Morgan fingerprint density at radius 2 is 2.06 bits per heavy atom. The van der Waals surface area contributed by atoms with Crippen molar-refractivity contribution in [1.29, 1.82) is 0 Å². The summed E-state index contributed by atoms with van der Waals surface area (Å²) in [6.45, 7) is 5.38. The van der Waals surface area contributed by atoms with Gasteiger partial charge in [0.2, 0.25) is 0 Å². The van der Waals surface area contributed by atoms with E-state index in [-0.39, 0.29) is 6.03 Å². The first kappa shape index (κ1) is 15.7. The molecule has 0 rings (SSSR count). The van der Waals surface area contributed by atoms with Crippen molar-refractivity contribution >= 4 is 12.0 Å². The summed E-state index contributed by atoms with van der Waals surface area (Å²) in [6.07, 6.45) is 1.11. The topological polar surface area (TPSA) is 78.9 Å². The number of carbonyl (C=O) groups is 2. The summed E-state index contributed by atoms with van der Waals surface area (Å²) in [5, 5.41) is 11.5. The molecule has 2 amide bonds. The van der Waals surface area contributed by atoms with Gasteiger partial charge in [0.1, 0.15) is 6.04 Å². The molecule has 0 aliphatic rings. The highest BCUT2D eigenvalue weighted by Crippen LogP contribution is 2.02. The first-order valence-corrected chi connectivity index (χ1v) is 5.85. The molecule has 100 valence electrons. The fourth-order valence-electron chi connectivity index (χ4n) is 1.39. The lowest BCUT2D eigenvalue weighted by Crippen LogP contribution is -2.47. The number of carboxylic acids is 1. The monoisotopic (exact) mass is 246 g/mol. The van der Waals surface area contributed by atoms with Gasteiger partial charge in [0.25, 0.3) is 0 Å². The Morgan fingerprint density at radius 1 is 1.41 bits per heavy atom. The number of ether oxygens (including phenoxy) is 1. The van der Waals surface area contributed by atoms with E-state index >= 15 is 0 Å². The van der Waals surface area contributed by atoms with Crippen LogP contribution in [0.2, 0.25) is 0 Å². The molecule has 0 aliphatic carbocycles. The third kappa shape index (κ3) is 6.11. The van der Waals surface area contributed by atoms with Crippen LogP contribution in [0.5, 0.6) is 0 Å². The molecule has 0 bridgehead atoms. The van der Waals surface area contributed by atoms with Crippen LogP contribution >= 0.6 is 0 Å². The number of carboxylic acid groups (broad SMARTS) is 1. The summed E-state index contributed by atoms with van der Waals surface area (Å²) in [5.41, 5.74) is 0. The lowest BCUT2D eigenvalue weighted by molar-refractivity contribution is -0.141. The molecule has 0 saturated carbocycles. The van der Waals surface area contributed by atoms with E-state index in [1.807, 2.05) is 6.92 Å². The Balaban J connectivity index is 3.92. The van der Waals surface area contributed by atoms with E-state index in [4.69, 9.17) is 9.84 Å². The molecule has 0 aromatic heterocycles. The molecular formula is C11H22N2O4. The highest BCUT2D eigenvalue weighted by atomic mass is 16.5. The van der Waals surface area contributed by atoms with Crippen LogP contribution in [0.4, 0.5) is 4.79 Å². The summed E-state index contributed by atoms with van der Waals surface area (Å²) < 4.78 is 5.12. The van der Waals surface area contributed by atoms with E-state index < -0.39 is 12.0 Å². The number of rotatable bonds is 8. The summed E-state index contributed by atoms with van der Waals surface area (Å²) >= 11 is 0. The largest absolute Gasteiger partial charge is 0.480 e. The summed E-state index contributed by atoms with van der Waals surface area (Å²) in [6, 6.07) is -1.14. The van der Waals surface area contributed by atoms with Gasteiger partial charge in [-0.05, 0) is 19.8 Å². The van der Waals surface area contributed by atoms with Crippen LogP contribution in [0.3, 0.4) is 0 Å². The number of hydrogen-bond donors (Lipinski definition) is 2. The Hall–Kier alpha value is -1.30. The number of carbonyl (C=O) groups excluding carboxylic acids is 1. The van der Waals surface area contributed by atoms with Crippen molar-refractivity contribution in [2.45, 2.75) is 32.7 Å². The molecule has 0 aromatic carbocycles. The summed E-state index contributed by atoms with van der Waals surface area (Å²) in [4.78, 5) is 23.7. The van der Waals surface area contributed by atoms with Crippen LogP contribution < -0.4 is 5.32 Å². The Labute approximate surface area is 102 Å². The molecule has 6 nitrogen and oxygen atoms in total. The fraction of sp³-hybridized carbons (Fsp3) is 0.818. The lowest BCUT2D eigenvalue weighted by Gasteiger charge is -2.23. The minimum Gasteiger partial charge on any atom is -0.480 e. The standard InChI is InChI=1S/C11H22N2O4/c1-4-9(10(14)15)13(3)11(16)12-7-6-8-17-5-2/h9H,4-8H2,1-3H3,(H,12,16)(H,14,15). The predicted molar refractivity (Wildman–Crippen MR) is 64.0 cm³/mol. The molecule has 2 N–H and O–H groups in total. The second-order valence-electron chi connectivity index (χ2n) is 3.66. The van der Waals surface area contributed by atoms with Gasteiger partial charge in [0, 0.05) is 26.8 Å². The second kappa shape index (κ2) is 8.81. The zero-order valence-corrected chi connectivity index (χ0v) is 10.7. The summed E-state index contributed by atoms with van der Waals surface area (Å²) in [7, 11) is 1.49. The second-order valence-corrected chi connectivity index (χ2v) is 3.66. The van der Waals surface area contributed by atoms with Crippen LogP contribution in [0.25, 0.3) is 0 Å². The van der Waals surface area contributed by atoms with E-state index in [2.05, 4.69) is 5.32 Å². The Morgan fingerprint density at radius 3 is 2.53 bits per heavy atom. The van der Waals surface area contributed by atoms with Crippen LogP contribution in [-0.4, -0.2) is 54.9 Å². The molecule has 0 aromatic rings. The van der Waals surface area contributed by atoms with Crippen molar-refractivity contribution in [3.8, 4) is 0 Å². The van der Waals surface area contributed by atoms with E-state index in [1.165, 1.54) is 11.9 Å². The third-order valence-corrected chi connectivity index (χ3v) is 2.41. The third-order valence-electron chi connectivity index (χ3n) is 2.41. The number of hydrogen-bond acceptors (Lipinski definition) is 3. The summed E-state index contributed by atoms with van der Waals surface area (Å²) in [5.74, 6) is -0.987. The average Bonchev–Trinajstić information content (AvgIpc) is 2.28. The quantitative estimate of drug-likeness (QED) is 0.624. The number of amides is 2. The van der Waals surface area contributed by atoms with Gasteiger partial charge in [-0.1, -0.05) is 6.92 Å². The lowest BCUT2D eigenvalue weighted by atomic mass is 10.2. The van der Waals surface area contributed by atoms with Crippen molar-refractivity contribution < 1.29 is 19.4 Å². The molecule has 1 atom stereocenters. The SMILES string of the molecule is CCOCCCNC(=O)N(C)C(CC)C(=O)O. The normalized spacial score (nSPS) is 11.9. The van der Waals surface area contributed by atoms with Gasteiger partial charge in [-0.15, -0.1) is 0 Å². The van der Waals surface area contributed by atoms with Crippen molar-refractivity contribution in [1.82, 2.24) is 10.2 Å². The van der Waals surface area contributed by atoms with Crippen LogP contribution in [0.1, 0.15) is 26.7 Å². The van der Waals surface area contributed by atoms with Crippen LogP contribution in [0.15, 0.2) is 0 Å². The van der Waals surface area contributed by atoms with E-state index in [0.29, 0.717) is 26.2 Å². The van der Waals surface area contributed by atoms with E-state index in [1.54, 1.807) is 6.92 Å². The zero-order chi connectivity index (χ0) is 13.3. The Kier molecular flexibility index (Phi) is 8.13. The molecule has 1 unspecified atom stereocenters. The fourth-order valence-corrected chi connectivity index (χ4v) is 1.39. The first-order chi connectivity index (χ1) is 8.04. The van der Waals surface area contributed by atoms with Crippen molar-refractivity contribution in [3.05, 3.63) is 0 Å². The minimum absolute atomic E-state index is 0.365. The molecule has 0 radical (unpaired) electrons. The van der Waals surface area contributed by atoms with Crippen molar-refractivity contribution in [2.24, 2.45) is 0 Å². The van der Waals surface area contributed by atoms with Gasteiger partial charge >= 0.3 is 12.0 Å². The Bertz CT molecular complexity index is 246. The van der Waals surface area contributed by atoms with Crippen molar-refractivity contribution in [3.63, 3.8) is 0 Å². The maximum Gasteiger partial charge on any atom is 0.326 e. The van der Waals surface area contributed by atoms with E-state index in [0.717, 1.165) is 6.42 Å². The number of aliphatic carboxylic acids is 1. The molecule has 0 fully saturated rings. The molecule has 0 spiro atoms. The van der Waals surface area contributed by atoms with Crippen LogP contribution in [-0.2, 0) is 9.53 Å². The smallest absolute Gasteiger partial charge is 0.326 e. The van der Waals surface area contributed by atoms with Gasteiger partial charge in [-0.3, -0.25) is 0 Å². The minimum atomic E-state index is -0.987. The number of likely N-dealkylation sites (N-methyl/N-ethyl adjacent to an activating group) is 1. The first-order valence-electron chi connectivity index (χ1n) is 5.85. The number of nitrogens with one attached hydrogen (secondary N) is 1. The van der Waals surface area contributed by atoms with Gasteiger partial charge in [-0.2, -0.15) is 0 Å². The maximum atomic E-state index is 11.6. The van der Waals surface area contributed by atoms with Crippen LogP contribution in [0, 0.1) is 0 Å². The molecule has 6 heteroatoms. The van der Waals surface area contributed by atoms with Gasteiger partial charge in [0.15, 0.2) is 0 Å². The van der Waals surface area contributed by atoms with E-state index in [9.17, 15) is 9.59 Å². The number of nitrogens with zero attached hydrogens (tertiary/aromatic N) is 1. The predicted octanol–water partition coefficient (Wildman–Crippen LogP) is 0.918.